The van der Waals surface area contributed by atoms with Crippen molar-refractivity contribution in [3.8, 4) is 0 Å². The van der Waals surface area contributed by atoms with Gasteiger partial charge in [-0.1, -0.05) is 13.3 Å². The van der Waals surface area contributed by atoms with Crippen molar-refractivity contribution >= 4 is 0 Å². The van der Waals surface area contributed by atoms with E-state index in [4.69, 9.17) is 9.84 Å². The Kier molecular flexibility index (Phi) is 3.83. The maximum Gasteiger partial charge on any atom is 0.110 e. The molecule has 0 aromatic heterocycles. The van der Waals surface area contributed by atoms with Gasteiger partial charge in [0.2, 0.25) is 0 Å². The van der Waals surface area contributed by atoms with Crippen LogP contribution in [-0.4, -0.2) is 42.5 Å². The van der Waals surface area contributed by atoms with Crippen LogP contribution >= 0.6 is 0 Å². The van der Waals surface area contributed by atoms with E-state index in [0.717, 1.165) is 32.5 Å². The van der Waals surface area contributed by atoms with Gasteiger partial charge < -0.3 is 9.84 Å². The Morgan fingerprint density at radius 2 is 2.45 bits per heavy atom. The van der Waals surface area contributed by atoms with E-state index in [0.29, 0.717) is 0 Å². The molecule has 0 saturated carbocycles. The zero-order valence-electron chi connectivity index (χ0n) is 7.12. The van der Waals surface area contributed by atoms with Crippen LogP contribution in [0.5, 0.6) is 0 Å². The molecule has 1 fully saturated rings. The third-order valence-electron chi connectivity index (χ3n) is 2.02. The molecule has 0 aliphatic carbocycles. The molecule has 66 valence electrons. The molecule has 0 bridgehead atoms. The van der Waals surface area contributed by atoms with Crippen molar-refractivity contribution < 1.29 is 9.84 Å². The minimum Gasteiger partial charge on any atom is -0.395 e. The van der Waals surface area contributed by atoms with Crippen molar-refractivity contribution in [3.63, 3.8) is 0 Å². The number of ether oxygens (including phenoxy) is 1. The van der Waals surface area contributed by atoms with Gasteiger partial charge in [0.1, 0.15) is 6.23 Å². The highest BCUT2D eigenvalue weighted by molar-refractivity contribution is 4.68. The van der Waals surface area contributed by atoms with Crippen LogP contribution in [0.1, 0.15) is 19.8 Å². The second kappa shape index (κ2) is 4.70. The van der Waals surface area contributed by atoms with Gasteiger partial charge in [-0.3, -0.25) is 4.90 Å². The van der Waals surface area contributed by atoms with Gasteiger partial charge in [0.25, 0.3) is 0 Å². The molecule has 3 heteroatoms. The van der Waals surface area contributed by atoms with Crippen molar-refractivity contribution in [1.29, 1.82) is 0 Å². The molecule has 1 aliphatic rings. The molecule has 1 rings (SSSR count). The molecule has 1 saturated heterocycles. The molecule has 0 radical (unpaired) electrons. The zero-order valence-corrected chi connectivity index (χ0v) is 7.12. The van der Waals surface area contributed by atoms with E-state index in [-0.39, 0.29) is 12.8 Å². The molecule has 1 heterocycles. The molecule has 0 amide bonds. The third kappa shape index (κ3) is 2.43. The molecule has 1 atom stereocenters. The molecule has 0 aromatic rings. The first kappa shape index (κ1) is 8.97. The largest absolute Gasteiger partial charge is 0.395 e. The van der Waals surface area contributed by atoms with Gasteiger partial charge >= 0.3 is 0 Å². The molecular formula is C8H17NO2. The third-order valence-corrected chi connectivity index (χ3v) is 2.02. The Morgan fingerprint density at radius 1 is 1.64 bits per heavy atom. The van der Waals surface area contributed by atoms with Crippen LogP contribution in [0.25, 0.3) is 0 Å². The highest BCUT2D eigenvalue weighted by atomic mass is 16.5. The van der Waals surface area contributed by atoms with Crippen LogP contribution in [0.2, 0.25) is 0 Å². The number of rotatable bonds is 4. The number of hydrogen-bond donors (Lipinski definition) is 1. The lowest BCUT2D eigenvalue weighted by atomic mass is 10.3. The Labute approximate surface area is 68.0 Å². The molecule has 0 aromatic carbocycles. The lowest BCUT2D eigenvalue weighted by molar-refractivity contribution is 0.0199. The summed E-state index contributed by atoms with van der Waals surface area (Å²) in [5.41, 5.74) is 0. The van der Waals surface area contributed by atoms with E-state index in [1.165, 1.54) is 0 Å². The van der Waals surface area contributed by atoms with Crippen LogP contribution < -0.4 is 0 Å². The molecule has 1 aliphatic heterocycles. The van der Waals surface area contributed by atoms with E-state index in [2.05, 4.69) is 11.8 Å². The topological polar surface area (TPSA) is 32.7 Å². The van der Waals surface area contributed by atoms with Gasteiger partial charge in [-0.25, -0.2) is 0 Å². The van der Waals surface area contributed by atoms with E-state index in [1.54, 1.807) is 0 Å². The summed E-state index contributed by atoms with van der Waals surface area (Å²) in [7, 11) is 0. The summed E-state index contributed by atoms with van der Waals surface area (Å²) in [6.07, 6.45) is 2.50. The lowest BCUT2D eigenvalue weighted by Gasteiger charge is -2.20. The summed E-state index contributed by atoms with van der Waals surface area (Å²) in [6.45, 7) is 4.95. The second-order valence-electron chi connectivity index (χ2n) is 2.87. The fourth-order valence-electron chi connectivity index (χ4n) is 1.45. The van der Waals surface area contributed by atoms with Crippen LogP contribution in [0.4, 0.5) is 0 Å². The normalized spacial score (nSPS) is 26.2. The average molecular weight is 159 g/mol. The fourth-order valence-corrected chi connectivity index (χ4v) is 1.45. The number of nitrogens with zero attached hydrogens (tertiary/aromatic N) is 1. The molecule has 11 heavy (non-hydrogen) atoms. The minimum absolute atomic E-state index is 0.240. The first-order valence-electron chi connectivity index (χ1n) is 4.35. The summed E-state index contributed by atoms with van der Waals surface area (Å²) in [5.74, 6) is 0. The van der Waals surface area contributed by atoms with Crippen LogP contribution in [-0.2, 0) is 4.74 Å². The lowest BCUT2D eigenvalue weighted by Crippen LogP contribution is -2.32. The molecule has 0 unspecified atom stereocenters. The Hall–Kier alpha value is -0.120. The van der Waals surface area contributed by atoms with Gasteiger partial charge in [0.05, 0.1) is 13.2 Å². The van der Waals surface area contributed by atoms with Crippen molar-refractivity contribution in [2.75, 3.05) is 26.3 Å². The van der Waals surface area contributed by atoms with Crippen molar-refractivity contribution in [3.05, 3.63) is 0 Å². The maximum absolute atomic E-state index is 8.72. The highest BCUT2D eigenvalue weighted by Crippen LogP contribution is 2.13. The maximum atomic E-state index is 8.72. The highest BCUT2D eigenvalue weighted by Gasteiger charge is 2.22. The molecule has 3 nitrogen and oxygen atoms in total. The van der Waals surface area contributed by atoms with Gasteiger partial charge in [-0.2, -0.15) is 0 Å². The van der Waals surface area contributed by atoms with Crippen LogP contribution in [0.15, 0.2) is 0 Å². The Balaban J connectivity index is 2.25. The minimum atomic E-state index is 0.240. The number of aliphatic hydroxyl groups is 1. The quantitative estimate of drug-likeness (QED) is 0.646. The first-order valence-corrected chi connectivity index (χ1v) is 4.35. The average Bonchev–Trinajstić information content (AvgIpc) is 2.39. The van der Waals surface area contributed by atoms with Gasteiger partial charge in [0, 0.05) is 13.1 Å². The van der Waals surface area contributed by atoms with Gasteiger partial charge in [-0.15, -0.1) is 0 Å². The first-order chi connectivity index (χ1) is 5.38. The van der Waals surface area contributed by atoms with Gasteiger partial charge in [0.15, 0.2) is 0 Å². The standard InChI is InChI=1S/C8H17NO2/c1-2-3-8-9(4-6-10)5-7-11-8/h8,10H,2-7H2,1H3/t8-/m1/s1. The van der Waals surface area contributed by atoms with Gasteiger partial charge in [-0.05, 0) is 6.42 Å². The molecule has 1 N–H and O–H groups in total. The second-order valence-corrected chi connectivity index (χ2v) is 2.87. The van der Waals surface area contributed by atoms with Crippen LogP contribution in [0, 0.1) is 0 Å². The summed E-state index contributed by atoms with van der Waals surface area (Å²) >= 11 is 0. The fraction of sp³-hybridized carbons (Fsp3) is 1.00. The summed E-state index contributed by atoms with van der Waals surface area (Å²) < 4.78 is 5.47. The van der Waals surface area contributed by atoms with E-state index in [9.17, 15) is 0 Å². The monoisotopic (exact) mass is 159 g/mol. The number of β-amino-alcohol motifs (C(OH)–C–C–N with tert-alkyl or cyclic N) is 1. The van der Waals surface area contributed by atoms with E-state index >= 15 is 0 Å². The number of aliphatic hydroxyl groups excluding tert-OH is 1. The zero-order chi connectivity index (χ0) is 8.10. The van der Waals surface area contributed by atoms with E-state index < -0.39 is 0 Å². The SMILES string of the molecule is CCC[C@H]1OCCN1CCO. The van der Waals surface area contributed by atoms with Crippen molar-refractivity contribution in [1.82, 2.24) is 4.90 Å². The smallest absolute Gasteiger partial charge is 0.110 e. The summed E-state index contributed by atoms with van der Waals surface area (Å²) in [4.78, 5) is 2.20. The van der Waals surface area contributed by atoms with Crippen molar-refractivity contribution in [2.45, 2.75) is 26.0 Å². The predicted octanol–water partition coefficient (Wildman–Crippen LogP) is 0.437. The predicted molar refractivity (Wildman–Crippen MR) is 43.3 cm³/mol. The molecular weight excluding hydrogens is 142 g/mol. The molecule has 0 spiro atoms. The summed E-state index contributed by atoms with van der Waals surface area (Å²) in [6, 6.07) is 0. The van der Waals surface area contributed by atoms with Crippen molar-refractivity contribution in [2.24, 2.45) is 0 Å². The summed E-state index contributed by atoms with van der Waals surface area (Å²) in [5, 5.41) is 8.72. The van der Waals surface area contributed by atoms with Crippen LogP contribution in [0.3, 0.4) is 0 Å². The Bertz CT molecular complexity index is 96.3. The Morgan fingerprint density at radius 3 is 3.09 bits per heavy atom. The number of hydrogen-bond acceptors (Lipinski definition) is 3. The van der Waals surface area contributed by atoms with E-state index in [1.807, 2.05) is 0 Å².